The first-order valence-electron chi connectivity index (χ1n) is 11.9. The standard InChI is InChI=1S/C24H38N4O4S/c1-14-20(33-13-26-14)17-8-6-16(7-9-17)11-25-22(31)19-10-18(30)12-28(19)23(32)21(24(3,4)5)27-15(2)29/h13,16-19,21,30H,6-12H2,1-5H3,(H,25,31)(H,27,29)/t16-,17+,18-,19+,21-/m1/s1. The van der Waals surface area contributed by atoms with Crippen molar-refractivity contribution in [2.75, 3.05) is 13.1 Å². The zero-order valence-electron chi connectivity index (χ0n) is 20.4. The molecule has 0 radical (unpaired) electrons. The largest absolute Gasteiger partial charge is 0.391 e. The van der Waals surface area contributed by atoms with Crippen LogP contribution < -0.4 is 10.6 Å². The molecule has 184 valence electrons. The van der Waals surface area contributed by atoms with Crippen LogP contribution in [0.15, 0.2) is 5.51 Å². The van der Waals surface area contributed by atoms with Crippen molar-refractivity contribution in [1.29, 1.82) is 0 Å². The van der Waals surface area contributed by atoms with Crippen molar-refractivity contribution in [3.8, 4) is 0 Å². The Kier molecular flexibility index (Phi) is 8.16. The van der Waals surface area contributed by atoms with E-state index in [0.29, 0.717) is 18.4 Å². The van der Waals surface area contributed by atoms with Gasteiger partial charge in [-0.3, -0.25) is 14.4 Å². The van der Waals surface area contributed by atoms with Crippen molar-refractivity contribution in [3.63, 3.8) is 0 Å². The summed E-state index contributed by atoms with van der Waals surface area (Å²) in [7, 11) is 0. The molecule has 1 aliphatic heterocycles. The van der Waals surface area contributed by atoms with Crippen molar-refractivity contribution in [2.24, 2.45) is 11.3 Å². The van der Waals surface area contributed by atoms with E-state index in [1.807, 2.05) is 26.3 Å². The van der Waals surface area contributed by atoms with Gasteiger partial charge < -0.3 is 20.6 Å². The number of carbonyl (C=O) groups is 3. The fraction of sp³-hybridized carbons (Fsp3) is 0.750. The fourth-order valence-electron chi connectivity index (χ4n) is 5.02. The predicted octanol–water partition coefficient (Wildman–Crippen LogP) is 2.35. The van der Waals surface area contributed by atoms with Crippen LogP contribution in [0.3, 0.4) is 0 Å². The average molecular weight is 479 g/mol. The van der Waals surface area contributed by atoms with Gasteiger partial charge in [0.15, 0.2) is 0 Å². The normalized spacial score (nSPS) is 26.7. The number of aromatic nitrogens is 1. The van der Waals surface area contributed by atoms with Crippen LogP contribution in [-0.4, -0.2) is 64.0 Å². The molecule has 0 aromatic carbocycles. The summed E-state index contributed by atoms with van der Waals surface area (Å²) in [6.07, 6.45) is 3.76. The van der Waals surface area contributed by atoms with E-state index in [4.69, 9.17) is 0 Å². The number of rotatable bonds is 6. The number of likely N-dealkylation sites (tertiary alicyclic amines) is 1. The van der Waals surface area contributed by atoms with E-state index in [9.17, 15) is 19.5 Å². The van der Waals surface area contributed by atoms with Gasteiger partial charge in [-0.2, -0.15) is 0 Å². The summed E-state index contributed by atoms with van der Waals surface area (Å²) in [5.74, 6) is 0.125. The highest BCUT2D eigenvalue weighted by Crippen LogP contribution is 2.38. The highest BCUT2D eigenvalue weighted by molar-refractivity contribution is 7.09. The molecule has 8 nitrogen and oxygen atoms in total. The van der Waals surface area contributed by atoms with Gasteiger partial charge in [0.1, 0.15) is 12.1 Å². The molecule has 3 atom stereocenters. The Balaban J connectivity index is 1.56. The summed E-state index contributed by atoms with van der Waals surface area (Å²) in [6.45, 7) is 9.74. The van der Waals surface area contributed by atoms with Gasteiger partial charge in [-0.15, -0.1) is 11.3 Å². The number of aliphatic hydroxyl groups is 1. The second-order valence-electron chi connectivity index (χ2n) is 10.7. The van der Waals surface area contributed by atoms with Crippen LogP contribution in [-0.2, 0) is 14.4 Å². The zero-order chi connectivity index (χ0) is 24.3. The Morgan fingerprint density at radius 3 is 2.45 bits per heavy atom. The molecule has 0 bridgehead atoms. The molecule has 3 amide bonds. The molecule has 3 N–H and O–H groups in total. The fourth-order valence-corrected chi connectivity index (χ4v) is 5.99. The Morgan fingerprint density at radius 1 is 1.24 bits per heavy atom. The molecule has 3 rings (SSSR count). The van der Waals surface area contributed by atoms with Crippen LogP contribution in [0.2, 0.25) is 0 Å². The smallest absolute Gasteiger partial charge is 0.246 e. The molecule has 9 heteroatoms. The van der Waals surface area contributed by atoms with E-state index in [1.165, 1.54) is 16.7 Å². The van der Waals surface area contributed by atoms with Crippen molar-refractivity contribution >= 4 is 29.1 Å². The first kappa shape index (κ1) is 25.6. The molecule has 1 aromatic rings. The summed E-state index contributed by atoms with van der Waals surface area (Å²) >= 11 is 1.73. The summed E-state index contributed by atoms with van der Waals surface area (Å²) in [5, 5.41) is 16.0. The predicted molar refractivity (Wildman–Crippen MR) is 128 cm³/mol. The highest BCUT2D eigenvalue weighted by Gasteiger charge is 2.44. The van der Waals surface area contributed by atoms with Crippen molar-refractivity contribution in [1.82, 2.24) is 20.5 Å². The number of carbonyl (C=O) groups excluding carboxylic acids is 3. The lowest BCUT2D eigenvalue weighted by molar-refractivity contribution is -0.143. The monoisotopic (exact) mass is 478 g/mol. The number of nitrogens with zero attached hydrogens (tertiary/aromatic N) is 2. The van der Waals surface area contributed by atoms with E-state index >= 15 is 0 Å². The third-order valence-corrected chi connectivity index (χ3v) is 7.98. The zero-order valence-corrected chi connectivity index (χ0v) is 21.2. The lowest BCUT2D eigenvalue weighted by Crippen LogP contribution is -2.57. The Hall–Kier alpha value is -2.00. The Labute approximate surface area is 200 Å². The summed E-state index contributed by atoms with van der Waals surface area (Å²) in [5.41, 5.74) is 2.52. The molecular formula is C24H38N4O4S. The van der Waals surface area contributed by atoms with Crippen LogP contribution in [0, 0.1) is 18.3 Å². The molecule has 1 saturated carbocycles. The number of β-amino-alcohol motifs (C(OH)–C–C–N with tert-alkyl or cyclic N) is 1. The lowest BCUT2D eigenvalue weighted by Gasteiger charge is -2.35. The van der Waals surface area contributed by atoms with Crippen LogP contribution in [0.25, 0.3) is 0 Å². The maximum Gasteiger partial charge on any atom is 0.246 e. The van der Waals surface area contributed by atoms with E-state index in [0.717, 1.165) is 31.4 Å². The first-order chi connectivity index (χ1) is 15.5. The van der Waals surface area contributed by atoms with E-state index < -0.39 is 23.6 Å². The van der Waals surface area contributed by atoms with Gasteiger partial charge in [-0.25, -0.2) is 4.98 Å². The Bertz CT molecular complexity index is 857. The number of nitrogens with one attached hydrogen (secondary N) is 2. The van der Waals surface area contributed by atoms with Crippen molar-refractivity contribution < 1.29 is 19.5 Å². The second-order valence-corrected chi connectivity index (χ2v) is 11.5. The van der Waals surface area contributed by atoms with Crippen molar-refractivity contribution in [3.05, 3.63) is 16.1 Å². The van der Waals surface area contributed by atoms with Gasteiger partial charge in [-0.05, 0) is 49.9 Å². The molecule has 1 aliphatic carbocycles. The average Bonchev–Trinajstić information content (AvgIpc) is 3.35. The third kappa shape index (κ3) is 6.32. The molecule has 33 heavy (non-hydrogen) atoms. The summed E-state index contributed by atoms with van der Waals surface area (Å²) < 4.78 is 0. The molecule has 1 saturated heterocycles. The minimum atomic E-state index is -0.763. The molecule has 1 aromatic heterocycles. The number of aliphatic hydroxyl groups excluding tert-OH is 1. The molecule has 2 fully saturated rings. The van der Waals surface area contributed by atoms with Crippen molar-refractivity contribution in [2.45, 2.75) is 90.8 Å². The number of hydrogen-bond donors (Lipinski definition) is 3. The maximum absolute atomic E-state index is 13.3. The molecule has 0 unspecified atom stereocenters. The van der Waals surface area contributed by atoms with Gasteiger partial charge in [0.05, 0.1) is 17.3 Å². The number of hydrogen-bond acceptors (Lipinski definition) is 6. The minimum absolute atomic E-state index is 0.0996. The van der Waals surface area contributed by atoms with Crippen LogP contribution in [0.1, 0.15) is 76.3 Å². The first-order valence-corrected chi connectivity index (χ1v) is 12.8. The molecule has 2 heterocycles. The minimum Gasteiger partial charge on any atom is -0.391 e. The quantitative estimate of drug-likeness (QED) is 0.581. The van der Waals surface area contributed by atoms with Gasteiger partial charge in [0.25, 0.3) is 0 Å². The SMILES string of the molecule is CC(=O)N[C@H](C(=O)N1C[C@H](O)C[C@H]1C(=O)NC[C@H]1CC[C@@H](c2scnc2C)CC1)C(C)(C)C. The third-order valence-electron chi connectivity index (χ3n) is 6.89. The maximum atomic E-state index is 13.3. The molecule has 0 spiro atoms. The van der Waals surface area contributed by atoms with Gasteiger partial charge >= 0.3 is 0 Å². The molecule has 2 aliphatic rings. The lowest BCUT2D eigenvalue weighted by atomic mass is 9.81. The van der Waals surface area contributed by atoms with Gasteiger partial charge in [0, 0.05) is 31.3 Å². The second kappa shape index (κ2) is 10.5. The van der Waals surface area contributed by atoms with Crippen LogP contribution in [0.5, 0.6) is 0 Å². The number of amides is 3. The van der Waals surface area contributed by atoms with Crippen LogP contribution >= 0.6 is 11.3 Å². The number of thiazole rings is 1. The topological polar surface area (TPSA) is 112 Å². The van der Waals surface area contributed by atoms with E-state index in [2.05, 4.69) is 22.5 Å². The number of aryl methyl sites for hydroxylation is 1. The van der Waals surface area contributed by atoms with Crippen LogP contribution in [0.4, 0.5) is 0 Å². The summed E-state index contributed by atoms with van der Waals surface area (Å²) in [6, 6.07) is -1.48. The van der Waals surface area contributed by atoms with E-state index in [-0.39, 0.29) is 30.7 Å². The van der Waals surface area contributed by atoms with Gasteiger partial charge in [-0.1, -0.05) is 20.8 Å². The summed E-state index contributed by atoms with van der Waals surface area (Å²) in [4.78, 5) is 45.2. The van der Waals surface area contributed by atoms with E-state index in [1.54, 1.807) is 11.3 Å². The van der Waals surface area contributed by atoms with Gasteiger partial charge in [0.2, 0.25) is 17.7 Å². The molecular weight excluding hydrogens is 440 g/mol. The Morgan fingerprint density at radius 2 is 1.91 bits per heavy atom. The highest BCUT2D eigenvalue weighted by atomic mass is 32.1.